The highest BCUT2D eigenvalue weighted by atomic mass is 16.5. The van der Waals surface area contributed by atoms with E-state index in [4.69, 9.17) is 34.9 Å². The molecule has 0 saturated heterocycles. The standard InChI is InChI=1S/C23H24N2O5.C22H22N2O5/c1-15-20(25-22(30-15)17-6-4-3-5-7-17)12-13-29-18-10-8-16(9-11-18)14-19(21(24)26)23(27)28-2;1-14-19(24-21(29-14)16-5-3-2-4-6-16)11-12-28-17-9-7-15(8-10-17)13-18(20(23)25)22(26)27/h3-11,19H,12-14H2,1-2H3,(H2,24,26);2-10,18H,11-13H2,1H3,(H2,23,25)(H,26,27). The number of amides is 2. The number of methoxy groups -OCH3 is 1. The molecule has 2 unspecified atom stereocenters. The molecule has 0 fully saturated rings. The van der Waals surface area contributed by atoms with Crippen LogP contribution in [0.2, 0.25) is 0 Å². The van der Waals surface area contributed by atoms with E-state index in [0.717, 1.165) is 39.6 Å². The topological polar surface area (TPSA) is 220 Å². The van der Waals surface area contributed by atoms with Gasteiger partial charge in [0, 0.05) is 24.0 Å². The van der Waals surface area contributed by atoms with Crippen molar-refractivity contribution in [1.82, 2.24) is 9.97 Å². The second-order valence-electron chi connectivity index (χ2n) is 13.4. The third kappa shape index (κ3) is 12.4. The summed E-state index contributed by atoms with van der Waals surface area (Å²) >= 11 is 0. The summed E-state index contributed by atoms with van der Waals surface area (Å²) in [5.41, 5.74) is 15.5. The highest BCUT2D eigenvalue weighted by Crippen LogP contribution is 2.24. The van der Waals surface area contributed by atoms with Crippen molar-refractivity contribution in [3.8, 4) is 34.4 Å². The molecule has 6 rings (SSSR count). The minimum atomic E-state index is -1.24. The normalized spacial score (nSPS) is 11.7. The zero-order valence-corrected chi connectivity index (χ0v) is 33.0. The molecule has 2 atom stereocenters. The van der Waals surface area contributed by atoms with Crippen LogP contribution in [0.15, 0.2) is 118 Å². The van der Waals surface area contributed by atoms with Crippen molar-refractivity contribution < 1.29 is 47.3 Å². The predicted octanol–water partition coefficient (Wildman–Crippen LogP) is 6.09. The molecule has 0 saturated carbocycles. The number of rotatable bonds is 18. The first-order valence-electron chi connectivity index (χ1n) is 18.8. The number of hydrogen-bond donors (Lipinski definition) is 3. The molecule has 306 valence electrons. The van der Waals surface area contributed by atoms with E-state index in [2.05, 4.69) is 14.7 Å². The first kappa shape index (κ1) is 42.9. The average Bonchev–Trinajstić information content (AvgIpc) is 3.81. The summed E-state index contributed by atoms with van der Waals surface area (Å²) in [5, 5.41) is 9.04. The molecule has 2 amide bonds. The van der Waals surface area contributed by atoms with Gasteiger partial charge in [0.1, 0.15) is 34.9 Å². The zero-order valence-electron chi connectivity index (χ0n) is 33.0. The van der Waals surface area contributed by atoms with Gasteiger partial charge < -0.3 is 39.6 Å². The van der Waals surface area contributed by atoms with E-state index in [1.54, 1.807) is 48.5 Å². The molecule has 0 aliphatic heterocycles. The number of aliphatic carboxylic acids is 1. The molecule has 14 nitrogen and oxygen atoms in total. The summed E-state index contributed by atoms with van der Waals surface area (Å²) in [4.78, 5) is 54.5. The first-order chi connectivity index (χ1) is 28.4. The Bertz CT molecular complexity index is 2290. The van der Waals surface area contributed by atoms with Crippen molar-refractivity contribution in [1.29, 1.82) is 0 Å². The van der Waals surface area contributed by atoms with E-state index in [-0.39, 0.29) is 12.8 Å². The number of aryl methyl sites for hydroxylation is 2. The number of aromatic nitrogens is 2. The maximum absolute atomic E-state index is 11.7. The molecule has 5 N–H and O–H groups in total. The van der Waals surface area contributed by atoms with Gasteiger partial charge in [0.2, 0.25) is 23.6 Å². The number of carbonyl (C=O) groups excluding carboxylic acids is 3. The maximum Gasteiger partial charge on any atom is 0.318 e. The van der Waals surface area contributed by atoms with E-state index in [1.165, 1.54) is 7.11 Å². The molecule has 14 heteroatoms. The van der Waals surface area contributed by atoms with Gasteiger partial charge in [0.15, 0.2) is 0 Å². The van der Waals surface area contributed by atoms with Crippen LogP contribution in [0.3, 0.4) is 0 Å². The van der Waals surface area contributed by atoms with Gasteiger partial charge in [-0.15, -0.1) is 0 Å². The van der Waals surface area contributed by atoms with Gasteiger partial charge in [-0.2, -0.15) is 0 Å². The number of nitrogens with two attached hydrogens (primary N) is 2. The van der Waals surface area contributed by atoms with E-state index >= 15 is 0 Å². The van der Waals surface area contributed by atoms with Crippen LogP contribution in [0, 0.1) is 25.7 Å². The van der Waals surface area contributed by atoms with Crippen molar-refractivity contribution in [3.05, 3.63) is 143 Å². The predicted molar refractivity (Wildman–Crippen MR) is 217 cm³/mol. The third-order valence-electron chi connectivity index (χ3n) is 9.24. The maximum atomic E-state index is 11.7. The summed E-state index contributed by atoms with van der Waals surface area (Å²) in [5.74, 6) is -1.63. The summed E-state index contributed by atoms with van der Waals surface area (Å²) in [6, 6.07) is 33.5. The van der Waals surface area contributed by atoms with Crippen molar-refractivity contribution >= 4 is 23.8 Å². The number of ether oxygens (including phenoxy) is 3. The van der Waals surface area contributed by atoms with Crippen LogP contribution in [0.1, 0.15) is 34.0 Å². The molecule has 0 spiro atoms. The lowest BCUT2D eigenvalue weighted by Gasteiger charge is -2.11. The number of benzene rings is 4. The van der Waals surface area contributed by atoms with Gasteiger partial charge in [-0.1, -0.05) is 60.7 Å². The van der Waals surface area contributed by atoms with Gasteiger partial charge in [0.05, 0.1) is 31.7 Å². The Morgan fingerprint density at radius 1 is 0.610 bits per heavy atom. The Morgan fingerprint density at radius 3 is 1.36 bits per heavy atom. The van der Waals surface area contributed by atoms with E-state index in [0.29, 0.717) is 54.9 Å². The Balaban J connectivity index is 0.000000224. The fourth-order valence-electron chi connectivity index (χ4n) is 5.93. The molecule has 2 heterocycles. The molecule has 59 heavy (non-hydrogen) atoms. The molecular formula is C45H46N4O10. The number of carboxylic acid groups (broad SMARTS) is 1. The third-order valence-corrected chi connectivity index (χ3v) is 9.24. The van der Waals surface area contributed by atoms with Gasteiger partial charge >= 0.3 is 11.9 Å². The number of primary amides is 2. The monoisotopic (exact) mass is 802 g/mol. The van der Waals surface area contributed by atoms with Crippen LogP contribution in [0.25, 0.3) is 22.9 Å². The largest absolute Gasteiger partial charge is 0.493 e. The molecule has 0 radical (unpaired) electrons. The molecular weight excluding hydrogens is 757 g/mol. The van der Waals surface area contributed by atoms with Crippen LogP contribution in [0.4, 0.5) is 0 Å². The van der Waals surface area contributed by atoms with Gasteiger partial charge in [-0.25, -0.2) is 9.97 Å². The van der Waals surface area contributed by atoms with Crippen LogP contribution >= 0.6 is 0 Å². The van der Waals surface area contributed by atoms with E-state index in [9.17, 15) is 19.2 Å². The number of hydrogen-bond acceptors (Lipinski definition) is 11. The SMILES string of the molecule is COC(=O)C(Cc1ccc(OCCc2nc(-c3ccccc3)oc2C)cc1)C(N)=O.Cc1oc(-c2ccccc2)nc1CCOc1ccc(CC(C(N)=O)C(=O)O)cc1. The fraction of sp³-hybridized carbons (Fsp3) is 0.244. The Morgan fingerprint density at radius 2 is 1.00 bits per heavy atom. The highest BCUT2D eigenvalue weighted by Gasteiger charge is 2.26. The van der Waals surface area contributed by atoms with Crippen molar-refractivity contribution in [3.63, 3.8) is 0 Å². The second kappa shape index (κ2) is 20.8. The van der Waals surface area contributed by atoms with Crippen molar-refractivity contribution in [2.75, 3.05) is 20.3 Å². The van der Waals surface area contributed by atoms with Crippen LogP contribution in [-0.2, 0) is 49.6 Å². The molecule has 0 aliphatic rings. The van der Waals surface area contributed by atoms with Crippen LogP contribution in [-0.4, -0.2) is 59.2 Å². The number of carboxylic acids is 1. The number of carbonyl (C=O) groups is 4. The minimum absolute atomic E-state index is 0.0470. The lowest BCUT2D eigenvalue weighted by molar-refractivity contribution is -0.149. The number of oxazole rings is 2. The number of esters is 1. The van der Waals surface area contributed by atoms with Crippen LogP contribution < -0.4 is 20.9 Å². The average molecular weight is 803 g/mol. The Kier molecular flexibility index (Phi) is 15.1. The van der Waals surface area contributed by atoms with E-state index < -0.39 is 35.6 Å². The molecule has 0 aliphatic carbocycles. The van der Waals surface area contributed by atoms with Gasteiger partial charge in [-0.05, 0) is 86.3 Å². The summed E-state index contributed by atoms with van der Waals surface area (Å²) < 4.78 is 27.7. The fourth-order valence-corrected chi connectivity index (χ4v) is 5.93. The smallest absolute Gasteiger partial charge is 0.318 e. The summed E-state index contributed by atoms with van der Waals surface area (Å²) in [6.07, 6.45) is 1.43. The second-order valence-corrected chi connectivity index (χ2v) is 13.4. The summed E-state index contributed by atoms with van der Waals surface area (Å²) in [6.45, 7) is 4.62. The molecule has 0 bridgehead atoms. The Hall–Kier alpha value is -7.22. The van der Waals surface area contributed by atoms with Crippen molar-refractivity contribution in [2.24, 2.45) is 23.3 Å². The van der Waals surface area contributed by atoms with E-state index in [1.807, 2.05) is 74.5 Å². The minimum Gasteiger partial charge on any atom is -0.493 e. The molecule has 2 aromatic heterocycles. The van der Waals surface area contributed by atoms with Gasteiger partial charge in [0.25, 0.3) is 0 Å². The molecule has 4 aromatic carbocycles. The quantitative estimate of drug-likeness (QED) is 0.0664. The number of nitrogens with zero attached hydrogens (tertiary/aromatic N) is 2. The van der Waals surface area contributed by atoms with Crippen LogP contribution in [0.5, 0.6) is 11.5 Å². The lowest BCUT2D eigenvalue weighted by atomic mass is 9.99. The lowest BCUT2D eigenvalue weighted by Crippen LogP contribution is -2.32. The Labute approximate surface area is 341 Å². The van der Waals surface area contributed by atoms with Crippen molar-refractivity contribution in [2.45, 2.75) is 39.5 Å². The summed E-state index contributed by atoms with van der Waals surface area (Å²) in [7, 11) is 1.23. The van der Waals surface area contributed by atoms with Gasteiger partial charge in [-0.3, -0.25) is 19.2 Å². The first-order valence-corrected chi connectivity index (χ1v) is 18.8. The molecule has 6 aromatic rings. The zero-order chi connectivity index (χ0) is 42.3. The highest BCUT2D eigenvalue weighted by molar-refractivity contribution is 5.97.